The lowest BCUT2D eigenvalue weighted by molar-refractivity contribution is -0.140. The fourth-order valence-corrected chi connectivity index (χ4v) is 4.28. The average Bonchev–Trinajstić information content (AvgIpc) is 3.37. The summed E-state index contributed by atoms with van der Waals surface area (Å²) in [7, 11) is 2.66. The molecule has 2 atom stereocenters. The monoisotopic (exact) mass is 547 g/mol. The Morgan fingerprint density at radius 1 is 1.03 bits per heavy atom. The molecule has 1 aliphatic rings. The van der Waals surface area contributed by atoms with Crippen LogP contribution in [0, 0.1) is 24.0 Å². The van der Waals surface area contributed by atoms with Crippen LogP contribution in [0.3, 0.4) is 0 Å². The molecule has 4 rings (SSSR count). The molecule has 0 saturated heterocycles. The maximum absolute atomic E-state index is 14.7. The SMILES string of the molecule is COCC1(COc2cc3c(N[C@H](C)c4cc(F)cc(C(F)(F)F)c4F)nc(C)nc3cc2OC)CC1(F)F. The molecule has 1 unspecified atom stereocenters. The molecule has 206 valence electrons. The molecule has 0 radical (unpaired) electrons. The van der Waals surface area contributed by atoms with Gasteiger partial charge >= 0.3 is 6.18 Å². The first kappa shape index (κ1) is 27.7. The Morgan fingerprint density at radius 3 is 2.29 bits per heavy atom. The van der Waals surface area contributed by atoms with Crippen molar-refractivity contribution in [2.45, 2.75) is 38.4 Å². The van der Waals surface area contributed by atoms with Gasteiger partial charge < -0.3 is 19.5 Å². The molecule has 13 heteroatoms. The van der Waals surface area contributed by atoms with Gasteiger partial charge in [0.2, 0.25) is 0 Å². The predicted molar refractivity (Wildman–Crippen MR) is 124 cm³/mol. The van der Waals surface area contributed by atoms with E-state index in [0.29, 0.717) is 11.6 Å². The van der Waals surface area contributed by atoms with Gasteiger partial charge in [-0.25, -0.2) is 27.5 Å². The summed E-state index contributed by atoms with van der Waals surface area (Å²) in [6, 6.07) is 2.50. The first-order valence-electron chi connectivity index (χ1n) is 11.4. The van der Waals surface area contributed by atoms with Gasteiger partial charge in [-0.1, -0.05) is 0 Å². The van der Waals surface area contributed by atoms with E-state index in [1.807, 2.05) is 0 Å². The lowest BCUT2D eigenvalue weighted by Crippen LogP contribution is -2.25. The normalized spacial score (nSPS) is 19.3. The number of hydrogen-bond acceptors (Lipinski definition) is 6. The zero-order valence-electron chi connectivity index (χ0n) is 20.8. The Morgan fingerprint density at radius 2 is 1.71 bits per heavy atom. The van der Waals surface area contributed by atoms with E-state index in [9.17, 15) is 30.7 Å². The summed E-state index contributed by atoms with van der Waals surface area (Å²) >= 11 is 0. The molecule has 2 aromatic carbocycles. The van der Waals surface area contributed by atoms with Crippen molar-refractivity contribution in [1.82, 2.24) is 9.97 Å². The molecule has 0 spiro atoms. The first-order chi connectivity index (χ1) is 17.7. The second-order valence-electron chi connectivity index (χ2n) is 9.24. The lowest BCUT2D eigenvalue weighted by atomic mass is 10.0. The van der Waals surface area contributed by atoms with E-state index in [1.54, 1.807) is 6.92 Å². The third-order valence-electron chi connectivity index (χ3n) is 6.42. The summed E-state index contributed by atoms with van der Waals surface area (Å²) < 4.78 is 112. The lowest BCUT2D eigenvalue weighted by Gasteiger charge is -2.21. The van der Waals surface area contributed by atoms with Gasteiger partial charge in [0, 0.05) is 30.5 Å². The maximum atomic E-state index is 14.7. The maximum Gasteiger partial charge on any atom is 0.419 e. The smallest absolute Gasteiger partial charge is 0.419 e. The molecular weight excluding hydrogens is 523 g/mol. The van der Waals surface area contributed by atoms with Gasteiger partial charge in [0.25, 0.3) is 5.92 Å². The van der Waals surface area contributed by atoms with Crippen LogP contribution in [0.2, 0.25) is 0 Å². The van der Waals surface area contributed by atoms with Crippen LogP contribution in [-0.4, -0.2) is 43.3 Å². The largest absolute Gasteiger partial charge is 0.493 e. The number of aryl methyl sites for hydroxylation is 1. The van der Waals surface area contributed by atoms with Crippen LogP contribution in [0.15, 0.2) is 24.3 Å². The van der Waals surface area contributed by atoms with Crippen molar-refractivity contribution in [1.29, 1.82) is 0 Å². The quantitative estimate of drug-likeness (QED) is 0.310. The van der Waals surface area contributed by atoms with Crippen molar-refractivity contribution in [2.75, 3.05) is 32.8 Å². The third kappa shape index (κ3) is 5.16. The van der Waals surface area contributed by atoms with Crippen molar-refractivity contribution >= 4 is 16.7 Å². The van der Waals surface area contributed by atoms with E-state index in [0.717, 1.165) is 0 Å². The second-order valence-corrected chi connectivity index (χ2v) is 9.24. The summed E-state index contributed by atoms with van der Waals surface area (Å²) in [5, 5.41) is 3.10. The van der Waals surface area contributed by atoms with E-state index in [1.165, 1.54) is 33.3 Å². The summed E-state index contributed by atoms with van der Waals surface area (Å²) in [5.74, 6) is -5.22. The predicted octanol–water partition coefficient (Wildman–Crippen LogP) is 6.47. The van der Waals surface area contributed by atoms with Crippen LogP contribution in [0.4, 0.5) is 36.6 Å². The van der Waals surface area contributed by atoms with Gasteiger partial charge in [-0.05, 0) is 32.0 Å². The summed E-state index contributed by atoms with van der Waals surface area (Å²) in [6.45, 7) is 2.30. The van der Waals surface area contributed by atoms with Gasteiger partial charge in [-0.2, -0.15) is 13.2 Å². The summed E-state index contributed by atoms with van der Waals surface area (Å²) in [6.07, 6.45) is -5.50. The van der Waals surface area contributed by atoms with Crippen molar-refractivity contribution in [3.63, 3.8) is 0 Å². The van der Waals surface area contributed by atoms with Crippen LogP contribution in [-0.2, 0) is 10.9 Å². The molecule has 1 saturated carbocycles. The molecule has 6 nitrogen and oxygen atoms in total. The summed E-state index contributed by atoms with van der Waals surface area (Å²) in [5.41, 5.74) is -3.46. The van der Waals surface area contributed by atoms with Gasteiger partial charge in [0.05, 0.1) is 36.3 Å². The minimum Gasteiger partial charge on any atom is -0.493 e. The number of nitrogens with one attached hydrogen (secondary N) is 1. The number of nitrogens with zero attached hydrogens (tertiary/aromatic N) is 2. The van der Waals surface area contributed by atoms with Crippen LogP contribution in [0.5, 0.6) is 11.5 Å². The van der Waals surface area contributed by atoms with Crippen LogP contribution in [0.1, 0.15) is 36.3 Å². The van der Waals surface area contributed by atoms with Gasteiger partial charge in [-0.3, -0.25) is 0 Å². The Kier molecular flexibility index (Phi) is 7.10. The first-order valence-corrected chi connectivity index (χ1v) is 11.4. The third-order valence-corrected chi connectivity index (χ3v) is 6.42. The highest BCUT2D eigenvalue weighted by molar-refractivity contribution is 5.92. The molecule has 0 bridgehead atoms. The van der Waals surface area contributed by atoms with Crippen molar-refractivity contribution in [3.05, 3.63) is 52.9 Å². The number of benzene rings is 2. The minimum absolute atomic E-state index is 0.0769. The molecular formula is C25H24F7N3O3. The molecule has 1 heterocycles. The summed E-state index contributed by atoms with van der Waals surface area (Å²) in [4.78, 5) is 8.57. The number of rotatable bonds is 9. The molecule has 1 fully saturated rings. The van der Waals surface area contributed by atoms with E-state index in [4.69, 9.17) is 14.2 Å². The molecule has 0 amide bonds. The molecule has 38 heavy (non-hydrogen) atoms. The number of alkyl halides is 5. The van der Waals surface area contributed by atoms with E-state index < -0.39 is 52.7 Å². The van der Waals surface area contributed by atoms with Gasteiger partial charge in [0.15, 0.2) is 11.5 Å². The fourth-order valence-electron chi connectivity index (χ4n) is 4.28. The Hall–Kier alpha value is -3.35. The molecule has 1 aromatic heterocycles. The zero-order chi connectivity index (χ0) is 28.0. The number of anilines is 1. The number of aromatic nitrogens is 2. The highest BCUT2D eigenvalue weighted by Crippen LogP contribution is 2.60. The van der Waals surface area contributed by atoms with Crippen molar-refractivity contribution in [2.24, 2.45) is 5.41 Å². The molecule has 0 aliphatic heterocycles. The van der Waals surface area contributed by atoms with E-state index in [-0.39, 0.29) is 47.8 Å². The second kappa shape index (κ2) is 9.75. The Balaban J connectivity index is 1.71. The molecule has 3 aromatic rings. The molecule has 1 aliphatic carbocycles. The zero-order valence-corrected chi connectivity index (χ0v) is 20.8. The number of fused-ring (bicyclic) bond motifs is 1. The number of ether oxygens (including phenoxy) is 3. The standard InChI is InChI=1S/C25H24F7N3O3/c1-12(15-5-14(26)6-17(21(15)27)25(30,31)32)33-22-16-7-20(19(37-4)8-18(16)34-13(2)35-22)38-11-23(10-36-3)9-24(23,28)29/h5-8,12H,9-11H2,1-4H3,(H,33,34,35)/t12-,23?/m1/s1. The van der Waals surface area contributed by atoms with Gasteiger partial charge in [-0.15, -0.1) is 0 Å². The van der Waals surface area contributed by atoms with Crippen molar-refractivity contribution in [3.8, 4) is 11.5 Å². The van der Waals surface area contributed by atoms with Crippen LogP contribution < -0.4 is 14.8 Å². The highest BCUT2D eigenvalue weighted by Gasteiger charge is 2.71. The topological polar surface area (TPSA) is 65.5 Å². The van der Waals surface area contributed by atoms with Crippen LogP contribution >= 0.6 is 0 Å². The van der Waals surface area contributed by atoms with Gasteiger partial charge in [0.1, 0.15) is 29.9 Å². The van der Waals surface area contributed by atoms with E-state index in [2.05, 4.69) is 15.3 Å². The molecule has 1 N–H and O–H groups in total. The number of methoxy groups -OCH3 is 2. The average molecular weight is 547 g/mol. The Labute approximate surface area is 213 Å². The van der Waals surface area contributed by atoms with Crippen LogP contribution in [0.25, 0.3) is 10.9 Å². The number of halogens is 7. The Bertz CT molecular complexity index is 1370. The van der Waals surface area contributed by atoms with E-state index >= 15 is 0 Å². The number of hydrogen-bond donors (Lipinski definition) is 1. The fraction of sp³-hybridized carbons (Fsp3) is 0.440. The minimum atomic E-state index is -5.10. The highest BCUT2D eigenvalue weighted by atomic mass is 19.4. The van der Waals surface area contributed by atoms with Crippen molar-refractivity contribution < 1.29 is 44.9 Å².